The summed E-state index contributed by atoms with van der Waals surface area (Å²) in [6, 6.07) is 0. The van der Waals surface area contributed by atoms with Crippen LogP contribution in [0.3, 0.4) is 0 Å². The normalized spacial score (nSPS) is 10.4. The summed E-state index contributed by atoms with van der Waals surface area (Å²) in [5, 5.41) is 8.56. The van der Waals surface area contributed by atoms with E-state index in [4.69, 9.17) is 38.3 Å². The second-order valence-corrected chi connectivity index (χ2v) is 6.80. The quantitative estimate of drug-likeness (QED) is 0.100. The first-order valence-electron chi connectivity index (χ1n) is 10.7. The molecule has 0 aliphatic heterocycles. The van der Waals surface area contributed by atoms with Crippen molar-refractivity contribution in [3.05, 3.63) is 36.5 Å². The lowest BCUT2D eigenvalue weighted by Gasteiger charge is -2.10. The number of hydrogen-bond donors (Lipinski definition) is 1. The zero-order valence-electron chi connectivity index (χ0n) is 19.8. The van der Waals surface area contributed by atoms with Crippen molar-refractivity contribution in [2.75, 3.05) is 79.3 Å². The summed E-state index contributed by atoms with van der Waals surface area (Å²) >= 11 is 0. The van der Waals surface area contributed by atoms with Crippen LogP contribution in [-0.2, 0) is 47.5 Å². The minimum absolute atomic E-state index is 0.0141. The Bertz CT molecular complexity index is 657. The molecule has 0 fully saturated rings. The lowest BCUT2D eigenvalue weighted by atomic mass is 10.3. The summed E-state index contributed by atoms with van der Waals surface area (Å²) in [5.41, 5.74) is 0.502. The van der Waals surface area contributed by atoms with Gasteiger partial charge in [0, 0.05) is 18.8 Å². The van der Waals surface area contributed by atoms with E-state index in [0.717, 1.165) is 0 Å². The van der Waals surface area contributed by atoms with Crippen molar-refractivity contribution in [2.24, 2.45) is 0 Å². The second kappa shape index (κ2) is 21.0. The number of carbonyl (C=O) groups is 3. The molecule has 0 aliphatic rings. The largest absolute Gasteiger partial charge is 0.460 e. The lowest BCUT2D eigenvalue weighted by molar-refractivity contribution is -0.143. The van der Waals surface area contributed by atoms with Crippen LogP contribution in [0, 0.1) is 0 Å². The van der Waals surface area contributed by atoms with Crippen molar-refractivity contribution in [2.45, 2.75) is 13.3 Å². The van der Waals surface area contributed by atoms with Crippen molar-refractivity contribution in [3.63, 3.8) is 0 Å². The number of carbonyl (C=O) groups excluding carboxylic acids is 3. The number of aliphatic hydroxyl groups is 1. The SMILES string of the molecule is C=C(C)C(=O)OCCOCC(=C)C(=O)OCCOCC(=C)C(=O)OCCOCCCOCCO. The predicted molar refractivity (Wildman–Crippen MR) is 121 cm³/mol. The topological polar surface area (TPSA) is 136 Å². The Labute approximate surface area is 200 Å². The average Bonchev–Trinajstić information content (AvgIpc) is 2.81. The molecule has 0 saturated heterocycles. The third-order valence-electron chi connectivity index (χ3n) is 3.67. The summed E-state index contributed by atoms with van der Waals surface area (Å²) < 4.78 is 35.6. The van der Waals surface area contributed by atoms with Gasteiger partial charge in [-0.1, -0.05) is 19.7 Å². The van der Waals surface area contributed by atoms with Gasteiger partial charge in [0.2, 0.25) is 0 Å². The third kappa shape index (κ3) is 17.9. The molecule has 0 aromatic heterocycles. The Balaban J connectivity index is 3.66. The van der Waals surface area contributed by atoms with Gasteiger partial charge in [-0.3, -0.25) is 0 Å². The van der Waals surface area contributed by atoms with Crippen LogP contribution in [0.5, 0.6) is 0 Å². The van der Waals surface area contributed by atoms with Crippen LogP contribution in [0.2, 0.25) is 0 Å². The van der Waals surface area contributed by atoms with E-state index in [0.29, 0.717) is 26.2 Å². The highest BCUT2D eigenvalue weighted by Gasteiger charge is 2.11. The van der Waals surface area contributed by atoms with E-state index in [-0.39, 0.29) is 76.2 Å². The van der Waals surface area contributed by atoms with E-state index < -0.39 is 17.9 Å². The molecule has 0 aromatic carbocycles. The van der Waals surface area contributed by atoms with E-state index in [2.05, 4.69) is 19.7 Å². The van der Waals surface area contributed by atoms with Gasteiger partial charge in [0.1, 0.15) is 19.8 Å². The molecule has 0 unspecified atom stereocenters. The van der Waals surface area contributed by atoms with Crippen molar-refractivity contribution < 1.29 is 52.6 Å². The number of esters is 3. The Hall–Kier alpha value is -2.57. The smallest absolute Gasteiger partial charge is 0.335 e. The molecular formula is C23H36O11. The molecule has 194 valence electrons. The fourth-order valence-corrected chi connectivity index (χ4v) is 1.95. The molecule has 11 nitrogen and oxygen atoms in total. The van der Waals surface area contributed by atoms with Crippen molar-refractivity contribution in [3.8, 4) is 0 Å². The summed E-state index contributed by atoms with van der Waals surface area (Å²) in [6.45, 7) is 13.7. The average molecular weight is 489 g/mol. The molecule has 0 radical (unpaired) electrons. The van der Waals surface area contributed by atoms with Crippen LogP contribution < -0.4 is 0 Å². The van der Waals surface area contributed by atoms with Gasteiger partial charge in [-0.2, -0.15) is 0 Å². The Kier molecular flexibility index (Phi) is 19.4. The van der Waals surface area contributed by atoms with Crippen molar-refractivity contribution in [1.29, 1.82) is 0 Å². The number of ether oxygens (including phenoxy) is 7. The van der Waals surface area contributed by atoms with Gasteiger partial charge in [-0.05, 0) is 13.3 Å². The molecule has 1 N–H and O–H groups in total. The maximum Gasteiger partial charge on any atom is 0.335 e. The third-order valence-corrected chi connectivity index (χ3v) is 3.67. The van der Waals surface area contributed by atoms with E-state index in [1.54, 1.807) is 0 Å². The van der Waals surface area contributed by atoms with Crippen LogP contribution >= 0.6 is 0 Å². The highest BCUT2D eigenvalue weighted by atomic mass is 16.6. The van der Waals surface area contributed by atoms with Crippen LogP contribution in [0.4, 0.5) is 0 Å². The zero-order chi connectivity index (χ0) is 25.6. The highest BCUT2D eigenvalue weighted by Crippen LogP contribution is 1.99. The Morgan fingerprint density at radius 3 is 1.44 bits per heavy atom. The summed E-state index contributed by atoms with van der Waals surface area (Å²) in [4.78, 5) is 34.8. The van der Waals surface area contributed by atoms with Gasteiger partial charge >= 0.3 is 17.9 Å². The van der Waals surface area contributed by atoms with E-state index in [1.165, 1.54) is 6.92 Å². The number of rotatable bonds is 22. The van der Waals surface area contributed by atoms with Gasteiger partial charge in [0.25, 0.3) is 0 Å². The van der Waals surface area contributed by atoms with Crippen LogP contribution in [-0.4, -0.2) is 102 Å². The number of aliphatic hydroxyl groups excluding tert-OH is 1. The molecule has 0 amide bonds. The van der Waals surface area contributed by atoms with Gasteiger partial charge < -0.3 is 38.3 Å². The Morgan fingerprint density at radius 1 is 0.588 bits per heavy atom. The maximum atomic E-state index is 11.8. The van der Waals surface area contributed by atoms with Crippen molar-refractivity contribution >= 4 is 17.9 Å². The predicted octanol–water partition coefficient (Wildman–Crippen LogP) is 0.753. The summed E-state index contributed by atoms with van der Waals surface area (Å²) in [5.74, 6) is -1.77. The van der Waals surface area contributed by atoms with Gasteiger partial charge in [-0.15, -0.1) is 0 Å². The van der Waals surface area contributed by atoms with E-state index >= 15 is 0 Å². The van der Waals surface area contributed by atoms with Crippen LogP contribution in [0.25, 0.3) is 0 Å². The van der Waals surface area contributed by atoms with E-state index in [9.17, 15) is 14.4 Å². The standard InChI is InChI=1S/C23H36O11/c1-18(2)21(25)32-14-11-30-16-20(4)23(27)34-15-12-31-17-19(3)22(26)33-13-10-29-8-5-7-28-9-6-24/h24H,1,3-17H2,2H3. The fraction of sp³-hybridized carbons (Fsp3) is 0.609. The van der Waals surface area contributed by atoms with Crippen molar-refractivity contribution in [1.82, 2.24) is 0 Å². The molecule has 0 spiro atoms. The maximum absolute atomic E-state index is 11.8. The van der Waals surface area contributed by atoms with Crippen LogP contribution in [0.1, 0.15) is 13.3 Å². The highest BCUT2D eigenvalue weighted by molar-refractivity contribution is 5.88. The Morgan fingerprint density at radius 2 is 1.00 bits per heavy atom. The molecule has 0 saturated carbocycles. The molecule has 0 atom stereocenters. The monoisotopic (exact) mass is 488 g/mol. The van der Waals surface area contributed by atoms with Crippen LogP contribution in [0.15, 0.2) is 36.5 Å². The minimum Gasteiger partial charge on any atom is -0.460 e. The molecule has 0 aliphatic carbocycles. The van der Waals surface area contributed by atoms with Gasteiger partial charge in [0.05, 0.1) is 57.4 Å². The zero-order valence-corrected chi connectivity index (χ0v) is 19.8. The second-order valence-electron chi connectivity index (χ2n) is 6.80. The van der Waals surface area contributed by atoms with E-state index in [1.807, 2.05) is 0 Å². The first-order valence-corrected chi connectivity index (χ1v) is 10.7. The summed E-state index contributed by atoms with van der Waals surface area (Å²) in [7, 11) is 0. The minimum atomic E-state index is -0.652. The van der Waals surface area contributed by atoms with Gasteiger partial charge in [0.15, 0.2) is 0 Å². The van der Waals surface area contributed by atoms with Gasteiger partial charge in [-0.25, -0.2) is 14.4 Å². The molecule has 0 rings (SSSR count). The first kappa shape index (κ1) is 31.4. The molecule has 34 heavy (non-hydrogen) atoms. The summed E-state index contributed by atoms with van der Waals surface area (Å²) in [6.07, 6.45) is 0.673. The number of hydrogen-bond acceptors (Lipinski definition) is 11. The fourth-order valence-electron chi connectivity index (χ4n) is 1.95. The lowest BCUT2D eigenvalue weighted by Crippen LogP contribution is -2.18. The molecule has 0 aromatic rings. The first-order chi connectivity index (χ1) is 16.3. The molecule has 0 heterocycles. The molecular weight excluding hydrogens is 452 g/mol. The molecule has 11 heteroatoms. The molecule has 0 bridgehead atoms.